The van der Waals surface area contributed by atoms with Crippen molar-refractivity contribution in [2.75, 3.05) is 10.6 Å². The van der Waals surface area contributed by atoms with Crippen LogP contribution in [0.25, 0.3) is 5.76 Å². The monoisotopic (exact) mass is 555 g/mol. The van der Waals surface area contributed by atoms with Crippen LogP contribution >= 0.6 is 10.8 Å². The molecule has 0 aromatic heterocycles. The normalized spacial score (nSPS) is 21.3. The number of amidine groups is 1. The number of carbonyl (C=O) groups excluding carboxylic acids is 2. The number of aliphatic hydroxyl groups is 1. The van der Waals surface area contributed by atoms with Gasteiger partial charge in [0.15, 0.2) is 11.6 Å². The van der Waals surface area contributed by atoms with E-state index in [1.807, 2.05) is 19.1 Å². The number of aliphatic hydroxyl groups excluding tert-OH is 1. The Bertz CT molecular complexity index is 1400. The first-order chi connectivity index (χ1) is 17.9. The fourth-order valence-corrected chi connectivity index (χ4v) is 5.88. The second-order valence-corrected chi connectivity index (χ2v) is 14.1. The van der Waals surface area contributed by atoms with Gasteiger partial charge in [-0.1, -0.05) is 55.8 Å². The van der Waals surface area contributed by atoms with Gasteiger partial charge in [-0.15, -0.1) is 4.40 Å². The number of amides is 1. The molecular weight excluding hydrogens is 518 g/mol. The molecule has 0 spiro atoms. The van der Waals surface area contributed by atoms with Crippen LogP contribution in [0.1, 0.15) is 72.4 Å². The maximum atomic E-state index is 14.1. The second-order valence-electron chi connectivity index (χ2n) is 12.4. The van der Waals surface area contributed by atoms with Gasteiger partial charge < -0.3 is 15.2 Å². The van der Waals surface area contributed by atoms with E-state index in [4.69, 9.17) is 4.74 Å². The summed E-state index contributed by atoms with van der Waals surface area (Å²) in [6.45, 7) is 13.4. The highest BCUT2D eigenvalue weighted by Crippen LogP contribution is 2.57. The average Bonchev–Trinajstić information content (AvgIpc) is 2.80. The molecule has 1 heterocycles. The lowest BCUT2D eigenvalue weighted by Crippen LogP contribution is -2.42. The standard InChI is InChI=1S/C29H37N3O6S/c1-27(2,3)14-15-29(7)19-11-9-8-10-18(19)23(33)22(24(29)34)25-31-20-13-12-17(16-21(20)39(36,37)32-25)30-26(35)38-28(4,5)6/h8-13,16,33,36-37H,14-15H2,1-7H3,(H,30,35)(H,31,32)/t29-/m1/s1. The molecule has 9 nitrogen and oxygen atoms in total. The Balaban J connectivity index is 1.73. The van der Waals surface area contributed by atoms with E-state index in [1.54, 1.807) is 45.0 Å². The van der Waals surface area contributed by atoms with E-state index < -0.39 is 27.9 Å². The quantitative estimate of drug-likeness (QED) is 0.263. The fourth-order valence-electron chi connectivity index (χ4n) is 4.69. The number of ether oxygens (including phenoxy) is 1. The Hall–Kier alpha value is -3.34. The molecule has 2 aliphatic rings. The number of carbonyl (C=O) groups is 2. The van der Waals surface area contributed by atoms with Gasteiger partial charge in [-0.05, 0) is 69.7 Å². The Morgan fingerprint density at radius 2 is 1.77 bits per heavy atom. The van der Waals surface area contributed by atoms with Crippen molar-refractivity contribution >= 4 is 45.6 Å². The van der Waals surface area contributed by atoms with Crippen LogP contribution in [0.4, 0.5) is 16.2 Å². The summed E-state index contributed by atoms with van der Waals surface area (Å²) in [5.41, 5.74) is 0.0214. The Labute approximate surface area is 230 Å². The van der Waals surface area contributed by atoms with E-state index in [9.17, 15) is 23.8 Å². The summed E-state index contributed by atoms with van der Waals surface area (Å²) >= 11 is 0. The van der Waals surface area contributed by atoms with Crippen LogP contribution in [-0.2, 0) is 14.9 Å². The van der Waals surface area contributed by atoms with Crippen LogP contribution in [0.3, 0.4) is 0 Å². The van der Waals surface area contributed by atoms with E-state index in [2.05, 4.69) is 35.8 Å². The molecule has 0 saturated carbocycles. The maximum absolute atomic E-state index is 14.1. The third kappa shape index (κ3) is 5.83. The topological polar surface area (TPSA) is 140 Å². The lowest BCUT2D eigenvalue weighted by molar-refractivity contribution is -0.120. The predicted octanol–water partition coefficient (Wildman–Crippen LogP) is 7.52. The van der Waals surface area contributed by atoms with Crippen LogP contribution < -0.4 is 10.6 Å². The first kappa shape index (κ1) is 28.7. The molecular formula is C29H37N3O6S. The van der Waals surface area contributed by atoms with Gasteiger partial charge in [-0.3, -0.25) is 19.2 Å². The van der Waals surface area contributed by atoms with Gasteiger partial charge in [0, 0.05) is 11.3 Å². The summed E-state index contributed by atoms with van der Waals surface area (Å²) in [6.07, 6.45) is 0.592. The van der Waals surface area contributed by atoms with Crippen LogP contribution in [0.15, 0.2) is 57.3 Å². The van der Waals surface area contributed by atoms with Crippen LogP contribution in [0.5, 0.6) is 0 Å². The van der Waals surface area contributed by atoms with E-state index in [0.717, 1.165) is 12.0 Å². The van der Waals surface area contributed by atoms with Crippen LogP contribution in [0, 0.1) is 5.41 Å². The molecule has 0 saturated heterocycles. The number of ketones is 1. The van der Waals surface area contributed by atoms with Crippen molar-refractivity contribution in [1.82, 2.24) is 0 Å². The number of benzene rings is 2. The molecule has 5 N–H and O–H groups in total. The van der Waals surface area contributed by atoms with E-state index in [-0.39, 0.29) is 44.6 Å². The molecule has 2 aromatic carbocycles. The molecule has 10 heteroatoms. The highest BCUT2D eigenvalue weighted by Gasteiger charge is 2.47. The molecule has 0 radical (unpaired) electrons. The summed E-state index contributed by atoms with van der Waals surface area (Å²) in [6, 6.07) is 11.7. The second kappa shape index (κ2) is 9.69. The van der Waals surface area contributed by atoms with Crippen molar-refractivity contribution < 1.29 is 28.5 Å². The summed E-state index contributed by atoms with van der Waals surface area (Å²) in [5, 5.41) is 16.9. The molecule has 210 valence electrons. The SMILES string of the molecule is CC(C)(C)CC[C@@]1(C)C(=O)C(C2=NS(O)(O)c3cc(NC(=O)OC(C)(C)C)ccc3N2)=C(O)c2ccccc21. The summed E-state index contributed by atoms with van der Waals surface area (Å²) in [7, 11) is -3.80. The Kier molecular flexibility index (Phi) is 7.12. The van der Waals surface area contributed by atoms with Crippen molar-refractivity contribution in [3.63, 3.8) is 0 Å². The van der Waals surface area contributed by atoms with Gasteiger partial charge in [0.25, 0.3) is 0 Å². The van der Waals surface area contributed by atoms with Crippen molar-refractivity contribution in [2.45, 2.75) is 77.2 Å². The average molecular weight is 556 g/mol. The number of nitrogens with one attached hydrogen (secondary N) is 2. The minimum Gasteiger partial charge on any atom is -0.506 e. The largest absolute Gasteiger partial charge is 0.506 e. The third-order valence-corrected chi connectivity index (χ3v) is 8.11. The lowest BCUT2D eigenvalue weighted by atomic mass is 9.65. The van der Waals surface area contributed by atoms with E-state index >= 15 is 0 Å². The minimum absolute atomic E-state index is 0.0261. The zero-order valence-electron chi connectivity index (χ0n) is 23.4. The molecule has 0 unspecified atom stereocenters. The summed E-state index contributed by atoms with van der Waals surface area (Å²) in [5.74, 6) is -0.734. The van der Waals surface area contributed by atoms with Gasteiger partial charge in [-0.2, -0.15) is 0 Å². The summed E-state index contributed by atoms with van der Waals surface area (Å²) in [4.78, 5) is 26.3. The molecule has 2 aromatic rings. The summed E-state index contributed by atoms with van der Waals surface area (Å²) < 4.78 is 31.5. The van der Waals surface area contributed by atoms with Gasteiger partial charge in [0.2, 0.25) is 0 Å². The van der Waals surface area contributed by atoms with Crippen molar-refractivity contribution in [1.29, 1.82) is 0 Å². The highest BCUT2D eigenvalue weighted by molar-refractivity contribution is 8.23. The molecule has 0 bridgehead atoms. The van der Waals surface area contributed by atoms with Crippen molar-refractivity contribution in [3.05, 3.63) is 59.2 Å². The predicted molar refractivity (Wildman–Crippen MR) is 156 cm³/mol. The Morgan fingerprint density at radius 3 is 2.41 bits per heavy atom. The Morgan fingerprint density at radius 1 is 1.10 bits per heavy atom. The number of rotatable bonds is 4. The zero-order chi connectivity index (χ0) is 29.0. The first-order valence-corrected chi connectivity index (χ1v) is 14.3. The lowest BCUT2D eigenvalue weighted by Gasteiger charge is -2.39. The molecule has 39 heavy (non-hydrogen) atoms. The van der Waals surface area contributed by atoms with Crippen molar-refractivity contribution in [3.8, 4) is 0 Å². The molecule has 1 aliphatic carbocycles. The number of hydrogen-bond donors (Lipinski definition) is 5. The van der Waals surface area contributed by atoms with Gasteiger partial charge in [0.05, 0.1) is 11.1 Å². The smallest absolute Gasteiger partial charge is 0.412 e. The fraction of sp³-hybridized carbons (Fsp3) is 0.414. The van der Waals surface area contributed by atoms with Gasteiger partial charge in [-0.25, -0.2) is 4.79 Å². The number of hydrogen-bond acceptors (Lipinski definition) is 8. The zero-order valence-corrected chi connectivity index (χ0v) is 24.2. The van der Waals surface area contributed by atoms with E-state index in [0.29, 0.717) is 12.0 Å². The third-order valence-electron chi connectivity index (χ3n) is 6.75. The minimum atomic E-state index is -3.80. The number of Topliss-reactive ketones (excluding diaryl/α,β-unsaturated/α-hetero) is 1. The van der Waals surface area contributed by atoms with E-state index in [1.165, 1.54) is 6.07 Å². The molecule has 1 aliphatic heterocycles. The molecule has 4 rings (SSSR count). The highest BCUT2D eigenvalue weighted by atomic mass is 32.3. The number of anilines is 2. The maximum Gasteiger partial charge on any atom is 0.412 e. The first-order valence-electron chi connectivity index (χ1n) is 12.8. The molecule has 0 fully saturated rings. The number of fused-ring (bicyclic) bond motifs is 2. The van der Waals surface area contributed by atoms with Gasteiger partial charge in [0.1, 0.15) is 21.8 Å². The molecule has 1 atom stereocenters. The van der Waals surface area contributed by atoms with Crippen molar-refractivity contribution in [2.24, 2.45) is 9.81 Å². The molecule has 1 amide bonds. The number of nitrogens with zero attached hydrogens (tertiary/aromatic N) is 1. The van der Waals surface area contributed by atoms with Gasteiger partial charge >= 0.3 is 6.09 Å². The van der Waals surface area contributed by atoms with Crippen LogP contribution in [0.2, 0.25) is 0 Å². The van der Waals surface area contributed by atoms with Crippen LogP contribution in [-0.4, -0.2) is 37.5 Å².